The van der Waals surface area contributed by atoms with Crippen molar-refractivity contribution in [3.8, 4) is 0 Å². The highest BCUT2D eigenvalue weighted by molar-refractivity contribution is 5.93. The third-order valence-electron chi connectivity index (χ3n) is 8.10. The number of likely N-dealkylation sites (tertiary alicyclic amines) is 1. The monoisotopic (exact) mass is 568 g/mol. The normalized spacial score (nSPS) is 23.5. The highest BCUT2D eigenvalue weighted by Crippen LogP contribution is 2.51. The SMILES string of the molecule is CC[C@H](C)C(OCc1ccccc1)C1C([N+](=O)[O-])C(c2ccccc2)N(C(=O)CN)C1(C)C(=O)NCCCC(=O)O. The third-order valence-corrected chi connectivity index (χ3v) is 8.10. The van der Waals surface area contributed by atoms with Gasteiger partial charge in [-0.15, -0.1) is 0 Å². The van der Waals surface area contributed by atoms with Gasteiger partial charge in [-0.25, -0.2) is 0 Å². The molecule has 1 aliphatic heterocycles. The minimum Gasteiger partial charge on any atom is -0.481 e. The van der Waals surface area contributed by atoms with E-state index in [-0.39, 0.29) is 31.9 Å². The summed E-state index contributed by atoms with van der Waals surface area (Å²) >= 11 is 0. The van der Waals surface area contributed by atoms with Crippen LogP contribution in [0.15, 0.2) is 60.7 Å². The first-order chi connectivity index (χ1) is 19.6. The van der Waals surface area contributed by atoms with Crippen molar-refractivity contribution in [2.45, 2.75) is 70.4 Å². The van der Waals surface area contributed by atoms with Gasteiger partial charge in [-0.05, 0) is 30.4 Å². The van der Waals surface area contributed by atoms with Crippen LogP contribution in [0.2, 0.25) is 0 Å². The molecule has 11 heteroatoms. The molecule has 41 heavy (non-hydrogen) atoms. The molecular formula is C30H40N4O7. The van der Waals surface area contributed by atoms with E-state index in [9.17, 15) is 24.5 Å². The fraction of sp³-hybridized carbons (Fsp3) is 0.500. The Kier molecular flexibility index (Phi) is 11.0. The van der Waals surface area contributed by atoms with E-state index in [1.165, 1.54) is 4.90 Å². The second kappa shape index (κ2) is 14.2. The van der Waals surface area contributed by atoms with E-state index in [4.69, 9.17) is 15.6 Å². The van der Waals surface area contributed by atoms with Gasteiger partial charge in [0.2, 0.25) is 17.9 Å². The van der Waals surface area contributed by atoms with Crippen LogP contribution in [0.3, 0.4) is 0 Å². The largest absolute Gasteiger partial charge is 0.481 e. The first-order valence-electron chi connectivity index (χ1n) is 13.9. The average Bonchev–Trinajstić information content (AvgIpc) is 3.25. The van der Waals surface area contributed by atoms with Crippen LogP contribution >= 0.6 is 0 Å². The molecular weight excluding hydrogens is 528 g/mol. The summed E-state index contributed by atoms with van der Waals surface area (Å²) in [6.07, 6.45) is -0.178. The van der Waals surface area contributed by atoms with Crippen molar-refractivity contribution < 1.29 is 29.2 Å². The van der Waals surface area contributed by atoms with E-state index in [0.29, 0.717) is 12.0 Å². The minimum absolute atomic E-state index is 0.0239. The van der Waals surface area contributed by atoms with Gasteiger partial charge in [-0.3, -0.25) is 24.5 Å². The van der Waals surface area contributed by atoms with Gasteiger partial charge in [0.05, 0.1) is 25.2 Å². The highest BCUT2D eigenvalue weighted by Gasteiger charge is 2.69. The number of carboxylic acids is 1. The average molecular weight is 569 g/mol. The molecule has 1 saturated heterocycles. The maximum atomic E-state index is 14.1. The Morgan fingerprint density at radius 3 is 2.29 bits per heavy atom. The molecule has 0 radical (unpaired) electrons. The van der Waals surface area contributed by atoms with Crippen molar-refractivity contribution in [2.75, 3.05) is 13.1 Å². The molecule has 6 atom stereocenters. The number of nitro groups is 1. The maximum absolute atomic E-state index is 14.1. The first-order valence-corrected chi connectivity index (χ1v) is 13.9. The van der Waals surface area contributed by atoms with Gasteiger partial charge in [0.25, 0.3) is 0 Å². The summed E-state index contributed by atoms with van der Waals surface area (Å²) in [6.45, 7) is 5.13. The smallest absolute Gasteiger partial charge is 0.303 e. The van der Waals surface area contributed by atoms with Crippen LogP contribution in [-0.4, -0.2) is 63.5 Å². The molecule has 0 saturated carbocycles. The number of rotatable bonds is 14. The van der Waals surface area contributed by atoms with Gasteiger partial charge < -0.3 is 25.8 Å². The van der Waals surface area contributed by atoms with Crippen LogP contribution in [0.5, 0.6) is 0 Å². The summed E-state index contributed by atoms with van der Waals surface area (Å²) in [5.41, 5.74) is 5.48. The number of aliphatic carboxylic acids is 1. The molecule has 0 aliphatic carbocycles. The lowest BCUT2D eigenvalue weighted by Gasteiger charge is -2.42. The van der Waals surface area contributed by atoms with E-state index >= 15 is 0 Å². The number of benzene rings is 2. The summed E-state index contributed by atoms with van der Waals surface area (Å²) in [5.74, 6) is -3.50. The second-order valence-corrected chi connectivity index (χ2v) is 10.7. The number of carbonyl (C=O) groups is 3. The Labute approximate surface area is 240 Å². The zero-order valence-electron chi connectivity index (χ0n) is 23.8. The van der Waals surface area contributed by atoms with Crippen molar-refractivity contribution in [2.24, 2.45) is 17.6 Å². The number of nitrogens with one attached hydrogen (secondary N) is 1. The standard InChI is InChI=1S/C30H40N4O7/c1-4-20(2)28(41-19-21-12-7-5-8-13-21)25-27(34(39)40)26(22-14-9-6-10-15-22)33(23(35)18-31)30(25,3)29(38)32-17-11-16-24(36)37/h5-10,12-15,20,25-28H,4,11,16-19,31H2,1-3H3,(H,32,38)(H,36,37)/t20-,25?,26?,27?,28?,30?/m0/s1. The first kappa shape index (κ1) is 31.7. The summed E-state index contributed by atoms with van der Waals surface area (Å²) in [7, 11) is 0. The quantitative estimate of drug-likeness (QED) is 0.178. The predicted molar refractivity (Wildman–Crippen MR) is 152 cm³/mol. The maximum Gasteiger partial charge on any atom is 0.303 e. The van der Waals surface area contributed by atoms with Crippen molar-refractivity contribution in [1.29, 1.82) is 0 Å². The number of ether oxygens (including phenoxy) is 1. The minimum atomic E-state index is -1.73. The predicted octanol–water partition coefficient (Wildman–Crippen LogP) is 3.16. The summed E-state index contributed by atoms with van der Waals surface area (Å²) in [4.78, 5) is 52.5. The molecule has 3 rings (SSSR count). The van der Waals surface area contributed by atoms with E-state index in [2.05, 4.69) is 5.32 Å². The molecule has 1 heterocycles. The van der Waals surface area contributed by atoms with Crippen molar-refractivity contribution in [1.82, 2.24) is 10.2 Å². The molecule has 1 fully saturated rings. The fourth-order valence-electron chi connectivity index (χ4n) is 5.90. The van der Waals surface area contributed by atoms with Gasteiger partial charge in [-0.2, -0.15) is 0 Å². The van der Waals surface area contributed by atoms with Crippen molar-refractivity contribution in [3.63, 3.8) is 0 Å². The zero-order chi connectivity index (χ0) is 30.2. The molecule has 2 aromatic rings. The summed E-state index contributed by atoms with van der Waals surface area (Å²) in [6, 6.07) is 15.5. The molecule has 1 aliphatic rings. The molecule has 2 amide bonds. The van der Waals surface area contributed by atoms with Crippen molar-refractivity contribution in [3.05, 3.63) is 81.9 Å². The second-order valence-electron chi connectivity index (χ2n) is 10.7. The van der Waals surface area contributed by atoms with E-state index in [0.717, 1.165) is 5.56 Å². The van der Waals surface area contributed by atoms with Crippen LogP contribution < -0.4 is 11.1 Å². The van der Waals surface area contributed by atoms with Gasteiger partial charge in [-0.1, -0.05) is 80.9 Å². The van der Waals surface area contributed by atoms with Crippen molar-refractivity contribution >= 4 is 17.8 Å². The Bertz CT molecular complexity index is 1200. The summed E-state index contributed by atoms with van der Waals surface area (Å²) < 4.78 is 6.46. The molecule has 2 aromatic carbocycles. The van der Waals surface area contributed by atoms with E-state index in [1.54, 1.807) is 37.3 Å². The highest BCUT2D eigenvalue weighted by atomic mass is 16.6. The number of nitrogens with two attached hydrogens (primary N) is 1. The number of hydrogen-bond acceptors (Lipinski definition) is 7. The Balaban J connectivity index is 2.19. The van der Waals surface area contributed by atoms with Gasteiger partial charge in [0, 0.05) is 17.9 Å². The molecule has 11 nitrogen and oxygen atoms in total. The van der Waals surface area contributed by atoms with Crippen LogP contribution in [-0.2, 0) is 25.7 Å². The van der Waals surface area contributed by atoms with Crippen LogP contribution in [0, 0.1) is 22.0 Å². The van der Waals surface area contributed by atoms with Gasteiger partial charge in [0.15, 0.2) is 0 Å². The van der Waals surface area contributed by atoms with Crippen LogP contribution in [0.1, 0.15) is 57.2 Å². The van der Waals surface area contributed by atoms with E-state index < -0.39 is 58.9 Å². The Morgan fingerprint density at radius 2 is 1.76 bits per heavy atom. The lowest BCUT2D eigenvalue weighted by molar-refractivity contribution is -0.536. The fourth-order valence-corrected chi connectivity index (χ4v) is 5.90. The number of amides is 2. The Morgan fingerprint density at radius 1 is 1.15 bits per heavy atom. The number of nitrogens with zero attached hydrogens (tertiary/aromatic N) is 2. The molecule has 0 spiro atoms. The third kappa shape index (κ3) is 6.91. The molecule has 0 bridgehead atoms. The number of carboxylic acid groups (broad SMARTS) is 1. The molecule has 5 unspecified atom stereocenters. The van der Waals surface area contributed by atoms with Gasteiger partial charge in [0.1, 0.15) is 11.6 Å². The molecule has 222 valence electrons. The lowest BCUT2D eigenvalue weighted by atomic mass is 9.74. The van der Waals surface area contributed by atoms with Gasteiger partial charge >= 0.3 is 5.97 Å². The Hall–Kier alpha value is -3.83. The molecule has 4 N–H and O–H groups in total. The van der Waals surface area contributed by atoms with Crippen LogP contribution in [0.4, 0.5) is 0 Å². The molecule has 0 aromatic heterocycles. The zero-order valence-corrected chi connectivity index (χ0v) is 23.8. The van der Waals surface area contributed by atoms with E-state index in [1.807, 2.05) is 44.2 Å². The summed E-state index contributed by atoms with van der Waals surface area (Å²) in [5, 5.41) is 24.8. The number of hydrogen-bond donors (Lipinski definition) is 3. The topological polar surface area (TPSA) is 165 Å². The van der Waals surface area contributed by atoms with Crippen LogP contribution in [0.25, 0.3) is 0 Å². The number of carbonyl (C=O) groups excluding carboxylic acids is 2. The lowest BCUT2D eigenvalue weighted by Crippen LogP contribution is -2.63.